The van der Waals surface area contributed by atoms with E-state index in [2.05, 4.69) is 24.3 Å². The number of hydrogen-bond donors (Lipinski definition) is 2. The van der Waals surface area contributed by atoms with Crippen molar-refractivity contribution in [3.63, 3.8) is 0 Å². The van der Waals surface area contributed by atoms with Crippen LogP contribution in [0.1, 0.15) is 102 Å². The molecule has 2 atom stereocenters. The molecular formula is C25H42O4. The average molecular weight is 407 g/mol. The predicted octanol–water partition coefficient (Wildman–Crippen LogP) is 6.50. The number of ether oxygens (including phenoxy) is 1. The van der Waals surface area contributed by atoms with E-state index >= 15 is 0 Å². The van der Waals surface area contributed by atoms with Crippen LogP contribution in [0.2, 0.25) is 0 Å². The second kappa shape index (κ2) is 17.5. The molecule has 2 N–H and O–H groups in total. The summed E-state index contributed by atoms with van der Waals surface area (Å²) in [6.45, 7) is 2.54. The van der Waals surface area contributed by atoms with Crippen LogP contribution >= 0.6 is 0 Å². The summed E-state index contributed by atoms with van der Waals surface area (Å²) in [4.78, 5) is 10.5. The van der Waals surface area contributed by atoms with E-state index in [0.717, 1.165) is 44.9 Å². The van der Waals surface area contributed by atoms with Crippen LogP contribution in [0.5, 0.6) is 0 Å². The Labute approximate surface area is 177 Å². The minimum atomic E-state index is -0.686. The maximum atomic E-state index is 10.5. The Morgan fingerprint density at radius 1 is 0.828 bits per heavy atom. The van der Waals surface area contributed by atoms with Crippen LogP contribution < -0.4 is 0 Å². The van der Waals surface area contributed by atoms with E-state index < -0.39 is 5.97 Å². The first-order chi connectivity index (χ1) is 14.1. The van der Waals surface area contributed by atoms with Crippen molar-refractivity contribution in [2.45, 2.75) is 116 Å². The van der Waals surface area contributed by atoms with Gasteiger partial charge in [-0.3, -0.25) is 4.79 Å². The highest BCUT2D eigenvalue weighted by Crippen LogP contribution is 2.18. The molecule has 29 heavy (non-hydrogen) atoms. The summed E-state index contributed by atoms with van der Waals surface area (Å²) < 4.78 is 6.24. The van der Waals surface area contributed by atoms with Crippen LogP contribution in [0.4, 0.5) is 0 Å². The number of hydrogen-bond acceptors (Lipinski definition) is 3. The molecular weight excluding hydrogens is 364 g/mol. The second-order valence-electron chi connectivity index (χ2n) is 8.31. The van der Waals surface area contributed by atoms with E-state index in [4.69, 9.17) is 9.84 Å². The minimum Gasteiger partial charge on any atom is -0.481 e. The number of unbranched alkanes of at least 4 members (excludes halogenated alkanes) is 8. The number of rotatable bonds is 19. The van der Waals surface area contributed by atoms with Crippen LogP contribution in [0, 0.1) is 0 Å². The Balaban J connectivity index is 2.20. The normalized spacial score (nSPS) is 13.3. The third kappa shape index (κ3) is 16.1. The number of carbonyl (C=O) groups is 1. The Morgan fingerprint density at radius 2 is 1.34 bits per heavy atom. The molecule has 0 aromatic heterocycles. The smallest absolute Gasteiger partial charge is 0.303 e. The molecule has 0 amide bonds. The zero-order valence-electron chi connectivity index (χ0n) is 18.4. The van der Waals surface area contributed by atoms with Gasteiger partial charge in [0.15, 0.2) is 0 Å². The molecule has 0 aliphatic rings. The summed E-state index contributed by atoms with van der Waals surface area (Å²) in [7, 11) is 0. The number of carboxylic acids is 1. The van der Waals surface area contributed by atoms with E-state index in [1.165, 1.54) is 44.1 Å². The van der Waals surface area contributed by atoms with E-state index in [0.29, 0.717) is 19.1 Å². The standard InChI is InChI=1S/C25H42O4/c1-22(26)15-9-6-7-13-19-24(29-21-23-16-10-8-11-17-23)18-12-4-2-3-5-14-20-25(27)28/h8,10-11,16-17,22,24,26H,2-7,9,12-15,18-21H2,1H3,(H,27,28). The van der Waals surface area contributed by atoms with E-state index in [9.17, 15) is 9.90 Å². The first kappa shape index (κ1) is 25.6. The summed E-state index contributed by atoms with van der Waals surface area (Å²) in [5.74, 6) is -0.686. The molecule has 0 saturated carbocycles. The predicted molar refractivity (Wildman–Crippen MR) is 119 cm³/mol. The zero-order chi connectivity index (χ0) is 21.2. The monoisotopic (exact) mass is 406 g/mol. The minimum absolute atomic E-state index is 0.180. The molecule has 4 nitrogen and oxygen atoms in total. The Hall–Kier alpha value is -1.39. The van der Waals surface area contributed by atoms with Crippen molar-refractivity contribution >= 4 is 5.97 Å². The summed E-state index contributed by atoms with van der Waals surface area (Å²) in [5.41, 5.74) is 1.23. The number of carboxylic acid groups (broad SMARTS) is 1. The zero-order valence-corrected chi connectivity index (χ0v) is 18.4. The molecule has 0 bridgehead atoms. The Bertz CT molecular complexity index is 501. The molecule has 0 spiro atoms. The van der Waals surface area contributed by atoms with Gasteiger partial charge in [0.05, 0.1) is 18.8 Å². The SMILES string of the molecule is CC(O)CCCCCCC(CCCCCCCCC(=O)O)OCc1ccccc1. The summed E-state index contributed by atoms with van der Waals surface area (Å²) >= 11 is 0. The molecule has 166 valence electrons. The van der Waals surface area contributed by atoms with Crippen molar-refractivity contribution in [2.24, 2.45) is 0 Å². The fraction of sp³-hybridized carbons (Fsp3) is 0.720. The average Bonchev–Trinajstić information content (AvgIpc) is 2.70. The molecule has 2 unspecified atom stereocenters. The highest BCUT2D eigenvalue weighted by molar-refractivity contribution is 5.66. The first-order valence-electron chi connectivity index (χ1n) is 11.6. The molecule has 4 heteroatoms. The fourth-order valence-corrected chi connectivity index (χ4v) is 3.62. The van der Waals surface area contributed by atoms with Crippen molar-refractivity contribution in [1.29, 1.82) is 0 Å². The summed E-state index contributed by atoms with van der Waals surface area (Å²) in [6.07, 6.45) is 14.8. The second-order valence-corrected chi connectivity index (χ2v) is 8.31. The van der Waals surface area contributed by atoms with Gasteiger partial charge in [-0.25, -0.2) is 0 Å². The van der Waals surface area contributed by atoms with Gasteiger partial charge in [-0.15, -0.1) is 0 Å². The lowest BCUT2D eigenvalue weighted by Crippen LogP contribution is -2.13. The van der Waals surface area contributed by atoms with E-state index in [1.54, 1.807) is 0 Å². The van der Waals surface area contributed by atoms with Crippen molar-refractivity contribution in [1.82, 2.24) is 0 Å². The lowest BCUT2D eigenvalue weighted by molar-refractivity contribution is -0.137. The Morgan fingerprint density at radius 3 is 1.90 bits per heavy atom. The van der Waals surface area contributed by atoms with E-state index in [-0.39, 0.29) is 6.10 Å². The van der Waals surface area contributed by atoms with Crippen molar-refractivity contribution in [2.75, 3.05) is 0 Å². The largest absolute Gasteiger partial charge is 0.481 e. The molecule has 1 aromatic carbocycles. The first-order valence-corrected chi connectivity index (χ1v) is 11.6. The van der Waals surface area contributed by atoms with Gasteiger partial charge >= 0.3 is 5.97 Å². The van der Waals surface area contributed by atoms with Gasteiger partial charge in [0.25, 0.3) is 0 Å². The maximum absolute atomic E-state index is 10.5. The van der Waals surface area contributed by atoms with Gasteiger partial charge in [0.1, 0.15) is 0 Å². The summed E-state index contributed by atoms with van der Waals surface area (Å²) in [6, 6.07) is 10.4. The van der Waals surface area contributed by atoms with Crippen molar-refractivity contribution < 1.29 is 19.7 Å². The fourth-order valence-electron chi connectivity index (χ4n) is 3.62. The van der Waals surface area contributed by atoms with Gasteiger partial charge in [0, 0.05) is 6.42 Å². The Kier molecular flexibility index (Phi) is 15.4. The van der Waals surface area contributed by atoms with Crippen LogP contribution in [0.15, 0.2) is 30.3 Å². The van der Waals surface area contributed by atoms with Crippen LogP contribution in [-0.2, 0) is 16.1 Å². The van der Waals surface area contributed by atoms with Crippen LogP contribution in [0.3, 0.4) is 0 Å². The van der Waals surface area contributed by atoms with Crippen LogP contribution in [0.25, 0.3) is 0 Å². The lowest BCUT2D eigenvalue weighted by Gasteiger charge is -2.18. The molecule has 0 aliphatic heterocycles. The van der Waals surface area contributed by atoms with Gasteiger partial charge < -0.3 is 14.9 Å². The quantitative estimate of drug-likeness (QED) is 0.257. The number of benzene rings is 1. The molecule has 0 heterocycles. The highest BCUT2D eigenvalue weighted by Gasteiger charge is 2.10. The van der Waals surface area contributed by atoms with Crippen molar-refractivity contribution in [3.8, 4) is 0 Å². The van der Waals surface area contributed by atoms with Gasteiger partial charge in [-0.05, 0) is 38.2 Å². The topological polar surface area (TPSA) is 66.8 Å². The molecule has 1 aromatic rings. The molecule has 0 saturated heterocycles. The molecule has 0 fully saturated rings. The third-order valence-electron chi connectivity index (χ3n) is 5.39. The lowest BCUT2D eigenvalue weighted by atomic mass is 10.0. The number of aliphatic carboxylic acids is 1. The van der Waals surface area contributed by atoms with Crippen LogP contribution in [-0.4, -0.2) is 28.4 Å². The maximum Gasteiger partial charge on any atom is 0.303 e. The van der Waals surface area contributed by atoms with E-state index in [1.807, 2.05) is 13.0 Å². The number of aliphatic hydroxyl groups is 1. The number of aliphatic hydroxyl groups excluding tert-OH is 1. The van der Waals surface area contributed by atoms with Gasteiger partial charge in [0.2, 0.25) is 0 Å². The molecule has 1 rings (SSSR count). The molecule has 0 aliphatic carbocycles. The summed E-state index contributed by atoms with van der Waals surface area (Å²) in [5, 5.41) is 18.0. The van der Waals surface area contributed by atoms with Crippen molar-refractivity contribution in [3.05, 3.63) is 35.9 Å². The third-order valence-corrected chi connectivity index (χ3v) is 5.39. The molecule has 0 radical (unpaired) electrons. The highest BCUT2D eigenvalue weighted by atomic mass is 16.5. The van der Waals surface area contributed by atoms with Gasteiger partial charge in [-0.1, -0.05) is 88.1 Å². The van der Waals surface area contributed by atoms with Gasteiger partial charge in [-0.2, -0.15) is 0 Å².